The number of hydrogen-bond donors (Lipinski definition) is 2. The highest BCUT2D eigenvalue weighted by molar-refractivity contribution is 5.92. The molecule has 2 aromatic carbocycles. The molecule has 0 radical (unpaired) electrons. The Morgan fingerprint density at radius 2 is 1.84 bits per heavy atom. The molecule has 3 aromatic rings. The van der Waals surface area contributed by atoms with Gasteiger partial charge in [0.2, 0.25) is 5.91 Å². The standard InChI is InChI=1S/C25H30N4O2/c26-25(30)20-4-1-19(2-5-20)17-29-23-6-3-18(8-10-28-11-13-31-14-12-28)15-22(23)21-7-9-27-16-24(21)29/h1-6,15,27H,7-14,16-17H2,(H2,26,30). The summed E-state index contributed by atoms with van der Waals surface area (Å²) in [5, 5.41) is 4.93. The van der Waals surface area contributed by atoms with Crippen LogP contribution in [-0.2, 0) is 30.7 Å². The van der Waals surface area contributed by atoms with Crippen LogP contribution >= 0.6 is 0 Å². The van der Waals surface area contributed by atoms with Crippen molar-refractivity contribution in [3.8, 4) is 0 Å². The van der Waals surface area contributed by atoms with Crippen molar-refractivity contribution >= 4 is 16.8 Å². The van der Waals surface area contributed by atoms with Crippen molar-refractivity contribution in [2.75, 3.05) is 39.4 Å². The Kier molecular flexibility index (Phi) is 5.76. The first-order valence-electron chi connectivity index (χ1n) is 11.2. The number of fused-ring (bicyclic) bond motifs is 3. The first kappa shape index (κ1) is 20.2. The molecule has 0 saturated carbocycles. The van der Waals surface area contributed by atoms with Crippen molar-refractivity contribution in [3.05, 3.63) is 70.4 Å². The Balaban J connectivity index is 1.43. The Morgan fingerprint density at radius 1 is 1.06 bits per heavy atom. The Bertz CT molecular complexity index is 1080. The summed E-state index contributed by atoms with van der Waals surface area (Å²) in [6.07, 6.45) is 2.13. The van der Waals surface area contributed by atoms with Crippen molar-refractivity contribution in [1.82, 2.24) is 14.8 Å². The number of rotatable bonds is 6. The molecule has 6 nitrogen and oxygen atoms in total. The normalized spacial score (nSPS) is 17.0. The number of carbonyl (C=O) groups excluding carboxylic acids is 1. The summed E-state index contributed by atoms with van der Waals surface area (Å²) < 4.78 is 7.90. The minimum atomic E-state index is -0.385. The molecule has 3 heterocycles. The first-order chi connectivity index (χ1) is 15.2. The highest BCUT2D eigenvalue weighted by Gasteiger charge is 2.20. The third kappa shape index (κ3) is 4.24. The van der Waals surface area contributed by atoms with E-state index in [9.17, 15) is 4.79 Å². The van der Waals surface area contributed by atoms with Crippen LogP contribution in [-0.4, -0.2) is 54.8 Å². The van der Waals surface area contributed by atoms with E-state index in [1.54, 1.807) is 0 Å². The summed E-state index contributed by atoms with van der Waals surface area (Å²) in [4.78, 5) is 13.9. The number of benzene rings is 2. The van der Waals surface area contributed by atoms with Gasteiger partial charge in [-0.25, -0.2) is 0 Å². The second kappa shape index (κ2) is 8.83. The topological polar surface area (TPSA) is 72.5 Å². The van der Waals surface area contributed by atoms with E-state index in [-0.39, 0.29) is 5.91 Å². The molecule has 3 N–H and O–H groups in total. The molecule has 5 rings (SSSR count). The van der Waals surface area contributed by atoms with Gasteiger partial charge in [-0.1, -0.05) is 18.2 Å². The summed E-state index contributed by atoms with van der Waals surface area (Å²) in [5.41, 5.74) is 12.7. The predicted molar refractivity (Wildman–Crippen MR) is 122 cm³/mol. The molecule has 1 saturated heterocycles. The lowest BCUT2D eigenvalue weighted by Gasteiger charge is -2.26. The molecule has 1 amide bonds. The van der Waals surface area contributed by atoms with Gasteiger partial charge in [-0.05, 0) is 60.3 Å². The second-order valence-corrected chi connectivity index (χ2v) is 8.55. The lowest BCUT2D eigenvalue weighted by molar-refractivity contribution is 0.0384. The molecule has 2 aliphatic heterocycles. The third-order valence-electron chi connectivity index (χ3n) is 6.59. The van der Waals surface area contributed by atoms with Crippen LogP contribution in [0.3, 0.4) is 0 Å². The number of nitrogens with two attached hydrogens (primary N) is 1. The zero-order valence-corrected chi connectivity index (χ0v) is 17.9. The van der Waals surface area contributed by atoms with Gasteiger partial charge in [0.05, 0.1) is 13.2 Å². The quantitative estimate of drug-likeness (QED) is 0.644. The van der Waals surface area contributed by atoms with Crippen molar-refractivity contribution in [1.29, 1.82) is 0 Å². The van der Waals surface area contributed by atoms with E-state index in [1.165, 1.54) is 33.3 Å². The largest absolute Gasteiger partial charge is 0.379 e. The van der Waals surface area contributed by atoms with Crippen LogP contribution in [0.5, 0.6) is 0 Å². The molecule has 0 spiro atoms. The summed E-state index contributed by atoms with van der Waals surface area (Å²) in [7, 11) is 0. The SMILES string of the molecule is NC(=O)c1ccc(Cn2c3c(c4cc(CCN5CCOCC5)ccc42)CCNC3)cc1. The van der Waals surface area contributed by atoms with E-state index in [0.717, 1.165) is 65.3 Å². The molecule has 1 aromatic heterocycles. The second-order valence-electron chi connectivity index (χ2n) is 8.55. The van der Waals surface area contributed by atoms with Crippen molar-refractivity contribution in [2.24, 2.45) is 5.73 Å². The summed E-state index contributed by atoms with van der Waals surface area (Å²) in [5.74, 6) is -0.385. The minimum Gasteiger partial charge on any atom is -0.379 e. The fourth-order valence-corrected chi connectivity index (χ4v) is 4.83. The summed E-state index contributed by atoms with van der Waals surface area (Å²) in [6.45, 7) is 7.57. The van der Waals surface area contributed by atoms with E-state index < -0.39 is 0 Å². The van der Waals surface area contributed by atoms with Gasteiger partial charge in [-0.2, -0.15) is 0 Å². The first-order valence-corrected chi connectivity index (χ1v) is 11.2. The lowest BCUT2D eigenvalue weighted by Crippen LogP contribution is -2.37. The highest BCUT2D eigenvalue weighted by atomic mass is 16.5. The van der Waals surface area contributed by atoms with Crippen LogP contribution in [0, 0.1) is 0 Å². The summed E-state index contributed by atoms with van der Waals surface area (Å²) in [6, 6.07) is 14.6. The Labute approximate surface area is 183 Å². The molecule has 0 bridgehead atoms. The number of hydrogen-bond acceptors (Lipinski definition) is 4. The molecular formula is C25H30N4O2. The molecule has 162 valence electrons. The number of aromatic nitrogens is 1. The zero-order valence-electron chi connectivity index (χ0n) is 17.9. The van der Waals surface area contributed by atoms with Gasteiger partial charge in [0.25, 0.3) is 0 Å². The van der Waals surface area contributed by atoms with Gasteiger partial charge < -0.3 is 20.4 Å². The van der Waals surface area contributed by atoms with Crippen LogP contribution in [0.1, 0.15) is 32.7 Å². The average Bonchev–Trinajstić information content (AvgIpc) is 3.12. The van der Waals surface area contributed by atoms with Gasteiger partial charge in [0.1, 0.15) is 0 Å². The number of ether oxygens (including phenoxy) is 1. The smallest absolute Gasteiger partial charge is 0.248 e. The Hall–Kier alpha value is -2.67. The lowest BCUT2D eigenvalue weighted by atomic mass is 10.0. The van der Waals surface area contributed by atoms with E-state index >= 15 is 0 Å². The fourth-order valence-electron chi connectivity index (χ4n) is 4.83. The van der Waals surface area contributed by atoms with E-state index in [0.29, 0.717) is 5.56 Å². The van der Waals surface area contributed by atoms with Crippen LogP contribution in [0.4, 0.5) is 0 Å². The van der Waals surface area contributed by atoms with Crippen molar-refractivity contribution < 1.29 is 9.53 Å². The van der Waals surface area contributed by atoms with Crippen LogP contribution in [0.25, 0.3) is 10.9 Å². The van der Waals surface area contributed by atoms with Crippen molar-refractivity contribution in [3.63, 3.8) is 0 Å². The monoisotopic (exact) mass is 418 g/mol. The van der Waals surface area contributed by atoms with E-state index in [2.05, 4.69) is 33.0 Å². The molecule has 31 heavy (non-hydrogen) atoms. The molecule has 0 unspecified atom stereocenters. The fraction of sp³-hybridized carbons (Fsp3) is 0.400. The van der Waals surface area contributed by atoms with Gasteiger partial charge in [0, 0.05) is 54.9 Å². The van der Waals surface area contributed by atoms with Crippen LogP contribution < -0.4 is 11.1 Å². The molecule has 6 heteroatoms. The number of amides is 1. The molecule has 0 atom stereocenters. The van der Waals surface area contributed by atoms with E-state index in [4.69, 9.17) is 10.5 Å². The molecule has 2 aliphatic rings. The van der Waals surface area contributed by atoms with Gasteiger partial charge in [0.15, 0.2) is 0 Å². The molecular weight excluding hydrogens is 388 g/mol. The maximum Gasteiger partial charge on any atom is 0.248 e. The van der Waals surface area contributed by atoms with Gasteiger partial charge in [-0.15, -0.1) is 0 Å². The van der Waals surface area contributed by atoms with Crippen LogP contribution in [0.15, 0.2) is 42.5 Å². The predicted octanol–water partition coefficient (Wildman–Crippen LogP) is 2.31. The van der Waals surface area contributed by atoms with Gasteiger partial charge in [-0.3, -0.25) is 9.69 Å². The Morgan fingerprint density at radius 3 is 2.61 bits per heavy atom. The number of nitrogens with one attached hydrogen (secondary N) is 1. The highest BCUT2D eigenvalue weighted by Crippen LogP contribution is 2.30. The summed E-state index contributed by atoms with van der Waals surface area (Å²) >= 11 is 0. The number of morpholine rings is 1. The minimum absolute atomic E-state index is 0.385. The van der Waals surface area contributed by atoms with Crippen LogP contribution in [0.2, 0.25) is 0 Å². The number of carbonyl (C=O) groups is 1. The maximum absolute atomic E-state index is 11.4. The third-order valence-corrected chi connectivity index (χ3v) is 6.59. The zero-order chi connectivity index (χ0) is 21.2. The van der Waals surface area contributed by atoms with Crippen molar-refractivity contribution in [2.45, 2.75) is 25.9 Å². The van der Waals surface area contributed by atoms with E-state index in [1.807, 2.05) is 24.3 Å². The molecule has 0 aliphatic carbocycles. The average molecular weight is 419 g/mol. The maximum atomic E-state index is 11.4. The molecule has 1 fully saturated rings. The number of primary amides is 1. The number of nitrogens with zero attached hydrogens (tertiary/aromatic N) is 2. The van der Waals surface area contributed by atoms with Gasteiger partial charge >= 0.3 is 0 Å².